The average Bonchev–Trinajstić information content (AvgIpc) is 3.06. The van der Waals surface area contributed by atoms with E-state index in [2.05, 4.69) is 57.7 Å². The predicted molar refractivity (Wildman–Crippen MR) is 152 cm³/mol. The summed E-state index contributed by atoms with van der Waals surface area (Å²) in [4.78, 5) is 65.0. The fourth-order valence-corrected chi connectivity index (χ4v) is 4.67. The molecule has 0 spiro atoms. The molecule has 0 radical (unpaired) electrons. The van der Waals surface area contributed by atoms with Crippen LogP contribution >= 0.6 is 48.2 Å². The Balaban J connectivity index is 0.000000304. The smallest absolute Gasteiger partial charge is 0.348 e. The number of carbonyl (C=O) groups excluding carboxylic acids is 4. The van der Waals surface area contributed by atoms with Crippen molar-refractivity contribution < 1.29 is 38.5 Å². The van der Waals surface area contributed by atoms with E-state index in [4.69, 9.17) is 0 Å². The van der Waals surface area contributed by atoms with E-state index < -0.39 is 33.4 Å². The number of benzene rings is 2. The number of nitro groups is 2. The molecule has 0 aliphatic carbocycles. The number of carbonyl (C=O) groups is 4. The Kier molecular flexibility index (Phi) is 12.8. The molecule has 2 aromatic carbocycles. The van der Waals surface area contributed by atoms with E-state index in [0.29, 0.717) is 16.5 Å². The molecular weight excluding hydrogens is 732 g/mol. The number of rotatable bonds is 5. The maximum absolute atomic E-state index is 11.4. The maximum atomic E-state index is 11.4. The summed E-state index contributed by atoms with van der Waals surface area (Å²) < 4.78 is 11.1. The van der Waals surface area contributed by atoms with Gasteiger partial charge in [-0.1, -0.05) is 40.2 Å². The maximum Gasteiger partial charge on any atom is 0.348 e. The lowest BCUT2D eigenvalue weighted by molar-refractivity contribution is -0.385. The number of aryl methyl sites for hydroxylation is 1. The van der Waals surface area contributed by atoms with E-state index >= 15 is 0 Å². The molecule has 1 aliphatic heterocycles. The number of alkyl halides is 1. The van der Waals surface area contributed by atoms with Crippen molar-refractivity contribution >= 4 is 83.5 Å². The standard InChI is InChI=1S/C9H8BrNO4.C9H9NO4.C5H6Br2N2O2/c1-15-9(12)8-6(5-10)3-2-4-7(8)11(13)14;1-6-4-3-5-7(10(12)13)8(6)9(11)14-2;1-5(2)3(10)8(6)4(11)9(5)7/h2-4H,5H2,1H3;3-5H,1-2H3;1-2H3. The summed E-state index contributed by atoms with van der Waals surface area (Å²) in [5.74, 6) is -1.66. The molecule has 0 unspecified atom stereocenters. The van der Waals surface area contributed by atoms with Gasteiger partial charge in [0, 0.05) is 17.5 Å². The topological polar surface area (TPSA) is 180 Å². The minimum Gasteiger partial charge on any atom is -0.465 e. The zero-order valence-electron chi connectivity index (χ0n) is 21.7. The summed E-state index contributed by atoms with van der Waals surface area (Å²) in [5, 5.41) is 21.6. The van der Waals surface area contributed by atoms with Gasteiger partial charge >= 0.3 is 18.0 Å². The van der Waals surface area contributed by atoms with Gasteiger partial charge in [0.25, 0.3) is 17.3 Å². The molecule has 1 saturated heterocycles. The van der Waals surface area contributed by atoms with Gasteiger partial charge in [-0.15, -0.1) is 0 Å². The monoisotopic (exact) mass is 752 g/mol. The summed E-state index contributed by atoms with van der Waals surface area (Å²) in [6.07, 6.45) is 0. The SMILES string of the molecule is CC1(C)C(=O)N(Br)C(=O)N1Br.COC(=O)c1c(C)cccc1[N+](=O)[O-].COC(=O)c1c(CBr)cccc1[N+](=O)[O-]. The number of amides is 3. The number of imide groups is 1. The first-order valence-corrected chi connectivity index (χ1v) is 13.4. The van der Waals surface area contributed by atoms with E-state index in [1.165, 1.54) is 42.4 Å². The third-order valence-corrected chi connectivity index (χ3v) is 7.64. The highest BCUT2D eigenvalue weighted by Gasteiger charge is 2.50. The summed E-state index contributed by atoms with van der Waals surface area (Å²) in [7, 11) is 2.38. The first-order valence-electron chi connectivity index (χ1n) is 10.8. The van der Waals surface area contributed by atoms with Crippen molar-refractivity contribution in [2.75, 3.05) is 14.2 Å². The molecule has 0 N–H and O–H groups in total. The van der Waals surface area contributed by atoms with E-state index in [1.54, 1.807) is 32.9 Å². The Bertz CT molecular complexity index is 1340. The normalized spacial score (nSPS) is 13.4. The molecule has 0 aromatic heterocycles. The third kappa shape index (κ3) is 7.82. The largest absolute Gasteiger partial charge is 0.465 e. The van der Waals surface area contributed by atoms with Gasteiger partial charge in [0.05, 0.1) is 56.4 Å². The fourth-order valence-electron chi connectivity index (χ4n) is 3.09. The predicted octanol–water partition coefficient (Wildman–Crippen LogP) is 5.62. The Hall–Kier alpha value is -3.44. The number of nitro benzene ring substituents is 2. The van der Waals surface area contributed by atoms with Gasteiger partial charge in [-0.05, 0) is 31.9 Å². The molecule has 3 amide bonds. The molecule has 1 aliphatic rings. The number of urea groups is 1. The van der Waals surface area contributed by atoms with Crippen LogP contribution in [0.2, 0.25) is 0 Å². The lowest BCUT2D eigenvalue weighted by Gasteiger charge is -2.19. The van der Waals surface area contributed by atoms with Crippen LogP contribution in [0.15, 0.2) is 36.4 Å². The lowest BCUT2D eigenvalue weighted by Crippen LogP contribution is -2.37. The molecule has 0 atom stereocenters. The van der Waals surface area contributed by atoms with Crippen molar-refractivity contribution in [2.45, 2.75) is 31.6 Å². The molecule has 1 fully saturated rings. The minimum atomic E-state index is -0.805. The molecule has 2 aromatic rings. The molecule has 216 valence electrons. The van der Waals surface area contributed by atoms with Crippen LogP contribution in [0.4, 0.5) is 16.2 Å². The summed E-state index contributed by atoms with van der Waals surface area (Å²) in [6, 6.07) is 8.46. The van der Waals surface area contributed by atoms with E-state index in [-0.39, 0.29) is 28.4 Å². The summed E-state index contributed by atoms with van der Waals surface area (Å²) in [5.41, 5.74) is -0.180. The number of nitrogens with zero attached hydrogens (tertiary/aromatic N) is 4. The quantitative estimate of drug-likeness (QED) is 0.0930. The zero-order chi connectivity index (χ0) is 30.9. The second-order valence-electron chi connectivity index (χ2n) is 8.12. The first kappa shape index (κ1) is 34.6. The molecule has 1 heterocycles. The van der Waals surface area contributed by atoms with Gasteiger partial charge in [-0.3, -0.25) is 25.0 Å². The van der Waals surface area contributed by atoms with Crippen LogP contribution in [0, 0.1) is 27.2 Å². The van der Waals surface area contributed by atoms with Gasteiger partial charge in [-0.25, -0.2) is 18.3 Å². The van der Waals surface area contributed by atoms with Gasteiger partial charge < -0.3 is 9.47 Å². The van der Waals surface area contributed by atoms with Gasteiger partial charge in [0.1, 0.15) is 16.7 Å². The van der Waals surface area contributed by atoms with Crippen LogP contribution in [0.3, 0.4) is 0 Å². The Labute approximate surface area is 253 Å². The van der Waals surface area contributed by atoms with Crippen LogP contribution in [-0.4, -0.2) is 61.3 Å². The van der Waals surface area contributed by atoms with Gasteiger partial charge in [0.2, 0.25) is 0 Å². The summed E-state index contributed by atoms with van der Waals surface area (Å²) >= 11 is 9.00. The van der Waals surface area contributed by atoms with Gasteiger partial charge in [-0.2, -0.15) is 3.93 Å². The third-order valence-electron chi connectivity index (χ3n) is 5.22. The fraction of sp³-hybridized carbons (Fsp3) is 0.304. The number of hydrogen-bond acceptors (Lipinski definition) is 10. The van der Waals surface area contributed by atoms with Crippen molar-refractivity contribution in [3.05, 3.63) is 78.9 Å². The molecule has 0 bridgehead atoms. The van der Waals surface area contributed by atoms with Crippen molar-refractivity contribution in [3.8, 4) is 0 Å². The van der Waals surface area contributed by atoms with Crippen LogP contribution < -0.4 is 0 Å². The molecule has 0 saturated carbocycles. The van der Waals surface area contributed by atoms with E-state index in [0.717, 1.165) is 3.93 Å². The van der Waals surface area contributed by atoms with Crippen molar-refractivity contribution in [1.82, 2.24) is 7.85 Å². The number of ether oxygens (including phenoxy) is 2. The highest BCUT2D eigenvalue weighted by Crippen LogP contribution is 2.32. The highest BCUT2D eigenvalue weighted by atomic mass is 79.9. The van der Waals surface area contributed by atoms with E-state index in [9.17, 15) is 39.4 Å². The van der Waals surface area contributed by atoms with Gasteiger partial charge in [0.15, 0.2) is 0 Å². The van der Waals surface area contributed by atoms with Crippen LogP contribution in [-0.2, 0) is 19.6 Å². The first-order chi connectivity index (χ1) is 18.6. The summed E-state index contributed by atoms with van der Waals surface area (Å²) in [6.45, 7) is 4.94. The van der Waals surface area contributed by atoms with Crippen LogP contribution in [0.1, 0.15) is 45.7 Å². The lowest BCUT2D eigenvalue weighted by atomic mass is 10.1. The number of methoxy groups -OCH3 is 2. The molecule has 3 rings (SSSR count). The Morgan fingerprint density at radius 2 is 1.35 bits per heavy atom. The van der Waals surface area contributed by atoms with Crippen LogP contribution in [0.25, 0.3) is 0 Å². The average molecular weight is 755 g/mol. The zero-order valence-corrected chi connectivity index (χ0v) is 26.4. The highest BCUT2D eigenvalue weighted by molar-refractivity contribution is 9.09. The second-order valence-corrected chi connectivity index (χ2v) is 10.1. The van der Waals surface area contributed by atoms with Crippen molar-refractivity contribution in [2.24, 2.45) is 0 Å². The van der Waals surface area contributed by atoms with Crippen molar-refractivity contribution in [3.63, 3.8) is 0 Å². The van der Waals surface area contributed by atoms with Crippen molar-refractivity contribution in [1.29, 1.82) is 0 Å². The molecule has 17 heteroatoms. The van der Waals surface area contributed by atoms with E-state index in [1.807, 2.05) is 0 Å². The van der Waals surface area contributed by atoms with Crippen LogP contribution in [0.5, 0.6) is 0 Å². The number of esters is 2. The number of hydrogen-bond donors (Lipinski definition) is 0. The molecular formula is C23H23Br3N4O10. The Morgan fingerprint density at radius 3 is 1.70 bits per heavy atom. The number of halogens is 3. The minimum absolute atomic E-state index is 0.00174. The molecule has 40 heavy (non-hydrogen) atoms. The Morgan fingerprint density at radius 1 is 0.900 bits per heavy atom. The molecule has 14 nitrogen and oxygen atoms in total. The second kappa shape index (κ2) is 14.8.